The van der Waals surface area contributed by atoms with Crippen molar-refractivity contribution in [3.05, 3.63) is 84.0 Å². The number of benzene rings is 2. The van der Waals surface area contributed by atoms with Crippen molar-refractivity contribution in [1.29, 1.82) is 0 Å². The van der Waals surface area contributed by atoms with E-state index < -0.39 is 0 Å². The van der Waals surface area contributed by atoms with Gasteiger partial charge < -0.3 is 10.1 Å². The summed E-state index contributed by atoms with van der Waals surface area (Å²) in [5.41, 5.74) is 2.66. The quantitative estimate of drug-likeness (QED) is 0.716. The van der Waals surface area contributed by atoms with E-state index in [1.54, 1.807) is 13.2 Å². The second-order valence-corrected chi connectivity index (χ2v) is 6.63. The Bertz CT molecular complexity index is 1080. The number of hydrogen-bond acceptors (Lipinski definition) is 4. The highest BCUT2D eigenvalue weighted by molar-refractivity contribution is 5.96. The summed E-state index contributed by atoms with van der Waals surface area (Å²) in [4.78, 5) is 21.2. The first-order valence-corrected chi connectivity index (χ1v) is 9.27. The lowest BCUT2D eigenvalue weighted by molar-refractivity contribution is -0.115. The van der Waals surface area contributed by atoms with Crippen LogP contribution in [0.1, 0.15) is 24.1 Å². The van der Waals surface area contributed by atoms with Crippen molar-refractivity contribution in [1.82, 2.24) is 9.97 Å². The fourth-order valence-corrected chi connectivity index (χ4v) is 3.46. The van der Waals surface area contributed by atoms with Gasteiger partial charge in [0, 0.05) is 18.1 Å². The first-order chi connectivity index (χ1) is 13.7. The highest BCUT2D eigenvalue weighted by Gasteiger charge is 2.14. The van der Waals surface area contributed by atoms with Crippen molar-refractivity contribution in [2.24, 2.45) is 0 Å². The SMILES string of the molecule is COC1=C(c2cc(NC(=O)Cc3cccc4ccccc34)ncn2)C=CCC1. The van der Waals surface area contributed by atoms with Crippen LogP contribution in [0.5, 0.6) is 0 Å². The number of hydrogen-bond donors (Lipinski definition) is 1. The topological polar surface area (TPSA) is 64.1 Å². The molecule has 1 aromatic heterocycles. The number of carbonyl (C=O) groups is 1. The fraction of sp³-hybridized carbons (Fsp3) is 0.174. The lowest BCUT2D eigenvalue weighted by atomic mass is 10.0. The predicted molar refractivity (Wildman–Crippen MR) is 111 cm³/mol. The van der Waals surface area contributed by atoms with Crippen molar-refractivity contribution in [2.45, 2.75) is 19.3 Å². The monoisotopic (exact) mass is 371 g/mol. The molecule has 1 aliphatic carbocycles. The summed E-state index contributed by atoms with van der Waals surface area (Å²) in [6.07, 6.45) is 7.64. The van der Waals surface area contributed by atoms with E-state index in [0.29, 0.717) is 5.82 Å². The third kappa shape index (κ3) is 3.78. The van der Waals surface area contributed by atoms with Crippen molar-refractivity contribution in [3.8, 4) is 0 Å². The molecule has 3 aromatic rings. The molecule has 5 heteroatoms. The van der Waals surface area contributed by atoms with Gasteiger partial charge in [0.25, 0.3) is 0 Å². The van der Waals surface area contributed by atoms with Gasteiger partial charge in [-0.3, -0.25) is 4.79 Å². The molecule has 5 nitrogen and oxygen atoms in total. The second-order valence-electron chi connectivity index (χ2n) is 6.63. The van der Waals surface area contributed by atoms with Crippen LogP contribution in [0.3, 0.4) is 0 Å². The van der Waals surface area contributed by atoms with Crippen LogP contribution in [-0.2, 0) is 16.0 Å². The molecular weight excluding hydrogens is 350 g/mol. The van der Waals surface area contributed by atoms with E-state index in [1.165, 1.54) is 6.33 Å². The third-order valence-corrected chi connectivity index (χ3v) is 4.81. The number of anilines is 1. The van der Waals surface area contributed by atoms with Crippen LogP contribution in [0.15, 0.2) is 72.8 Å². The van der Waals surface area contributed by atoms with E-state index in [4.69, 9.17) is 4.74 Å². The molecule has 0 saturated carbocycles. The maximum Gasteiger partial charge on any atom is 0.229 e. The van der Waals surface area contributed by atoms with E-state index in [1.807, 2.05) is 48.5 Å². The van der Waals surface area contributed by atoms with Gasteiger partial charge in [-0.25, -0.2) is 9.97 Å². The van der Waals surface area contributed by atoms with Gasteiger partial charge in [0.05, 0.1) is 19.2 Å². The number of methoxy groups -OCH3 is 1. The summed E-state index contributed by atoms with van der Waals surface area (Å²) >= 11 is 0. The average molecular weight is 371 g/mol. The number of amides is 1. The highest BCUT2D eigenvalue weighted by atomic mass is 16.5. The van der Waals surface area contributed by atoms with E-state index in [9.17, 15) is 4.79 Å². The normalized spacial score (nSPS) is 13.6. The van der Waals surface area contributed by atoms with Crippen LogP contribution in [-0.4, -0.2) is 23.0 Å². The molecule has 0 unspecified atom stereocenters. The highest BCUT2D eigenvalue weighted by Crippen LogP contribution is 2.27. The zero-order valence-electron chi connectivity index (χ0n) is 15.7. The van der Waals surface area contributed by atoms with E-state index >= 15 is 0 Å². The molecule has 140 valence electrons. The Kier molecular flexibility index (Phi) is 5.15. The van der Waals surface area contributed by atoms with Gasteiger partial charge in [-0.05, 0) is 22.8 Å². The van der Waals surface area contributed by atoms with Crippen LogP contribution >= 0.6 is 0 Å². The lowest BCUT2D eigenvalue weighted by Gasteiger charge is -2.14. The summed E-state index contributed by atoms with van der Waals surface area (Å²) < 4.78 is 5.48. The van der Waals surface area contributed by atoms with Gasteiger partial charge >= 0.3 is 0 Å². The first kappa shape index (κ1) is 17.9. The van der Waals surface area contributed by atoms with E-state index in [-0.39, 0.29) is 12.3 Å². The summed E-state index contributed by atoms with van der Waals surface area (Å²) in [5, 5.41) is 5.10. The van der Waals surface area contributed by atoms with Gasteiger partial charge in [0.15, 0.2) is 0 Å². The van der Waals surface area contributed by atoms with Gasteiger partial charge in [-0.2, -0.15) is 0 Å². The average Bonchev–Trinajstić information content (AvgIpc) is 2.74. The van der Waals surface area contributed by atoms with Crippen molar-refractivity contribution in [3.63, 3.8) is 0 Å². The maximum absolute atomic E-state index is 12.6. The molecule has 1 N–H and O–H groups in total. The number of ether oxygens (including phenoxy) is 1. The Labute approximate surface area is 163 Å². The van der Waals surface area contributed by atoms with Crippen LogP contribution < -0.4 is 5.32 Å². The van der Waals surface area contributed by atoms with Crippen LogP contribution in [0.2, 0.25) is 0 Å². The maximum atomic E-state index is 12.6. The number of aromatic nitrogens is 2. The van der Waals surface area contributed by atoms with Crippen LogP contribution in [0.25, 0.3) is 16.3 Å². The van der Waals surface area contributed by atoms with E-state index in [2.05, 4.69) is 21.4 Å². The number of carbonyl (C=O) groups excluding carboxylic acids is 1. The number of nitrogens with one attached hydrogen (secondary N) is 1. The Morgan fingerprint density at radius 3 is 2.89 bits per heavy atom. The summed E-state index contributed by atoms with van der Waals surface area (Å²) in [7, 11) is 1.67. The van der Waals surface area contributed by atoms with Gasteiger partial charge in [-0.15, -0.1) is 0 Å². The molecule has 28 heavy (non-hydrogen) atoms. The largest absolute Gasteiger partial charge is 0.500 e. The Morgan fingerprint density at radius 2 is 2.00 bits per heavy atom. The molecule has 1 heterocycles. The standard InChI is InChI=1S/C23H21N3O2/c1-28-21-12-5-4-11-19(21)20-14-22(25-15-24-20)26-23(27)13-17-9-6-8-16-7-2-3-10-18(16)17/h2-4,6-11,14-15H,5,12-13H2,1H3,(H,24,25,26,27). The van der Waals surface area contributed by atoms with Gasteiger partial charge in [0.2, 0.25) is 5.91 Å². The van der Waals surface area contributed by atoms with Crippen LogP contribution in [0, 0.1) is 0 Å². The summed E-state index contributed by atoms with van der Waals surface area (Å²) in [6.45, 7) is 0. The molecule has 0 spiro atoms. The molecule has 0 atom stereocenters. The fourth-order valence-electron chi connectivity index (χ4n) is 3.46. The number of nitrogens with zero attached hydrogens (tertiary/aromatic N) is 2. The second kappa shape index (κ2) is 8.05. The molecule has 1 aliphatic rings. The predicted octanol–water partition coefficient (Wildman–Crippen LogP) is 4.52. The smallest absolute Gasteiger partial charge is 0.229 e. The Morgan fingerprint density at radius 1 is 1.14 bits per heavy atom. The van der Waals surface area contributed by atoms with Crippen LogP contribution in [0.4, 0.5) is 5.82 Å². The molecule has 0 saturated heterocycles. The zero-order chi connectivity index (χ0) is 19.3. The Hall–Kier alpha value is -3.47. The van der Waals surface area contributed by atoms with Crippen molar-refractivity contribution in [2.75, 3.05) is 12.4 Å². The minimum absolute atomic E-state index is 0.110. The van der Waals surface area contributed by atoms with Gasteiger partial charge in [-0.1, -0.05) is 54.6 Å². The minimum atomic E-state index is -0.110. The molecule has 2 aromatic carbocycles. The minimum Gasteiger partial charge on any atom is -0.500 e. The number of fused-ring (bicyclic) bond motifs is 1. The van der Waals surface area contributed by atoms with Crippen molar-refractivity contribution < 1.29 is 9.53 Å². The van der Waals surface area contributed by atoms with Gasteiger partial charge in [0.1, 0.15) is 17.9 Å². The first-order valence-electron chi connectivity index (χ1n) is 9.27. The molecule has 0 radical (unpaired) electrons. The molecule has 0 fully saturated rings. The number of rotatable bonds is 5. The molecule has 1 amide bonds. The summed E-state index contributed by atoms with van der Waals surface area (Å²) in [5.74, 6) is 1.27. The Balaban J connectivity index is 1.54. The molecule has 0 bridgehead atoms. The molecular formula is C23H21N3O2. The molecule has 4 rings (SSSR count). The lowest BCUT2D eigenvalue weighted by Crippen LogP contribution is -2.16. The van der Waals surface area contributed by atoms with Crippen molar-refractivity contribution >= 4 is 28.1 Å². The number of allylic oxidation sites excluding steroid dienone is 4. The van der Waals surface area contributed by atoms with E-state index in [0.717, 1.165) is 46.2 Å². The third-order valence-electron chi connectivity index (χ3n) is 4.81. The summed E-state index contributed by atoms with van der Waals surface area (Å²) in [6, 6.07) is 15.9. The zero-order valence-corrected chi connectivity index (χ0v) is 15.7. The molecule has 0 aliphatic heterocycles.